The van der Waals surface area contributed by atoms with Gasteiger partial charge in [-0.3, -0.25) is 0 Å². The van der Waals surface area contributed by atoms with Gasteiger partial charge in [-0.25, -0.2) is 0 Å². The molecule has 0 aromatic heterocycles. The van der Waals surface area contributed by atoms with Crippen LogP contribution in [0, 0.1) is 5.92 Å². The fourth-order valence-electron chi connectivity index (χ4n) is 2.45. The molecule has 10 heavy (non-hydrogen) atoms. The zero-order valence-electron chi connectivity index (χ0n) is 5.95. The molecule has 1 unspecified atom stereocenters. The van der Waals surface area contributed by atoms with E-state index in [1.54, 1.807) is 0 Å². The predicted molar refractivity (Wildman–Crippen MR) is 50.9 cm³/mol. The Balaban J connectivity index is 2.21. The maximum absolute atomic E-state index is 3.89. The molecule has 0 heterocycles. The molecular formula is C8H12Br2. The molecular weight excluding hydrogens is 256 g/mol. The monoisotopic (exact) mass is 266 g/mol. The SMILES string of the molecule is Br[C@H]1CCC2CCC[C@]21Br. The van der Waals surface area contributed by atoms with Crippen LogP contribution in [-0.2, 0) is 0 Å². The van der Waals surface area contributed by atoms with Gasteiger partial charge in [0.25, 0.3) is 0 Å². The Kier molecular flexibility index (Phi) is 1.88. The van der Waals surface area contributed by atoms with E-state index in [1.165, 1.54) is 32.1 Å². The van der Waals surface area contributed by atoms with Crippen molar-refractivity contribution in [1.29, 1.82) is 0 Å². The van der Waals surface area contributed by atoms with E-state index in [4.69, 9.17) is 0 Å². The number of alkyl halides is 2. The smallest absolute Gasteiger partial charge is 0.0410 e. The van der Waals surface area contributed by atoms with Crippen LogP contribution in [0.4, 0.5) is 0 Å². The summed E-state index contributed by atoms with van der Waals surface area (Å²) in [6, 6.07) is 0. The molecule has 0 saturated heterocycles. The molecule has 2 fully saturated rings. The number of halogens is 2. The Hall–Kier alpha value is 0.960. The minimum Gasteiger partial charge on any atom is -0.0875 e. The van der Waals surface area contributed by atoms with Gasteiger partial charge in [0.05, 0.1) is 0 Å². The van der Waals surface area contributed by atoms with E-state index < -0.39 is 0 Å². The topological polar surface area (TPSA) is 0 Å². The van der Waals surface area contributed by atoms with E-state index in [0.29, 0.717) is 4.32 Å². The van der Waals surface area contributed by atoms with Crippen LogP contribution in [0.15, 0.2) is 0 Å². The lowest BCUT2D eigenvalue weighted by atomic mass is 10.0. The van der Waals surface area contributed by atoms with Crippen molar-refractivity contribution in [2.75, 3.05) is 0 Å². The third kappa shape index (κ3) is 0.911. The van der Waals surface area contributed by atoms with Gasteiger partial charge in [-0.15, -0.1) is 0 Å². The molecule has 0 spiro atoms. The molecule has 0 N–H and O–H groups in total. The van der Waals surface area contributed by atoms with Crippen molar-refractivity contribution < 1.29 is 0 Å². The summed E-state index contributed by atoms with van der Waals surface area (Å²) < 4.78 is 0.493. The molecule has 2 heteroatoms. The highest BCUT2D eigenvalue weighted by Crippen LogP contribution is 2.55. The molecule has 0 radical (unpaired) electrons. The van der Waals surface area contributed by atoms with Crippen LogP contribution >= 0.6 is 31.9 Å². The Labute approximate surface area is 79.0 Å². The average molecular weight is 268 g/mol. The van der Waals surface area contributed by atoms with E-state index in [-0.39, 0.29) is 0 Å². The van der Waals surface area contributed by atoms with Crippen molar-refractivity contribution in [1.82, 2.24) is 0 Å². The summed E-state index contributed by atoms with van der Waals surface area (Å²) in [6.07, 6.45) is 7.07. The van der Waals surface area contributed by atoms with E-state index in [1.807, 2.05) is 0 Å². The van der Waals surface area contributed by atoms with E-state index >= 15 is 0 Å². The number of fused-ring (bicyclic) bond motifs is 1. The van der Waals surface area contributed by atoms with E-state index in [0.717, 1.165) is 10.7 Å². The number of hydrogen-bond donors (Lipinski definition) is 0. The molecule has 0 aromatic rings. The van der Waals surface area contributed by atoms with Gasteiger partial charge in [0.2, 0.25) is 0 Å². The highest BCUT2D eigenvalue weighted by atomic mass is 79.9. The third-order valence-electron chi connectivity index (χ3n) is 3.08. The van der Waals surface area contributed by atoms with Gasteiger partial charge in [0.15, 0.2) is 0 Å². The number of hydrogen-bond acceptors (Lipinski definition) is 0. The summed E-state index contributed by atoms with van der Waals surface area (Å²) in [7, 11) is 0. The van der Waals surface area contributed by atoms with Gasteiger partial charge in [-0.2, -0.15) is 0 Å². The first-order chi connectivity index (χ1) is 4.73. The Morgan fingerprint density at radius 1 is 1.20 bits per heavy atom. The van der Waals surface area contributed by atoms with Crippen LogP contribution in [0.25, 0.3) is 0 Å². The second-order valence-corrected chi connectivity index (χ2v) is 6.14. The molecule has 0 nitrogen and oxygen atoms in total. The van der Waals surface area contributed by atoms with Crippen molar-refractivity contribution in [2.24, 2.45) is 5.92 Å². The molecule has 2 saturated carbocycles. The number of rotatable bonds is 0. The zero-order valence-corrected chi connectivity index (χ0v) is 9.12. The molecule has 3 atom stereocenters. The van der Waals surface area contributed by atoms with Crippen molar-refractivity contribution in [3.63, 3.8) is 0 Å². The lowest BCUT2D eigenvalue weighted by molar-refractivity contribution is 0.517. The van der Waals surface area contributed by atoms with Gasteiger partial charge >= 0.3 is 0 Å². The minimum absolute atomic E-state index is 0.493. The minimum atomic E-state index is 0.493. The molecule has 0 aromatic carbocycles. The highest BCUT2D eigenvalue weighted by Gasteiger charge is 2.49. The summed E-state index contributed by atoms with van der Waals surface area (Å²) in [5.74, 6) is 0.969. The second kappa shape index (κ2) is 2.48. The predicted octanol–water partition coefficient (Wildman–Crippen LogP) is 3.48. The standard InChI is InChI=1S/C8H12Br2/c9-7-4-3-6-2-1-5-8(6,7)10/h6-7H,1-5H2/t6?,7-,8-/m0/s1. The van der Waals surface area contributed by atoms with Crippen LogP contribution < -0.4 is 0 Å². The first-order valence-corrected chi connectivity index (χ1v) is 5.77. The maximum atomic E-state index is 3.89. The summed E-state index contributed by atoms with van der Waals surface area (Å²) >= 11 is 7.65. The third-order valence-corrected chi connectivity index (χ3v) is 6.57. The molecule has 2 rings (SSSR count). The van der Waals surface area contributed by atoms with Gasteiger partial charge in [-0.05, 0) is 31.6 Å². The Morgan fingerprint density at radius 3 is 2.70 bits per heavy atom. The lowest BCUT2D eigenvalue weighted by Gasteiger charge is -2.24. The average Bonchev–Trinajstić information content (AvgIpc) is 2.36. The summed E-state index contributed by atoms with van der Waals surface area (Å²) in [5.41, 5.74) is 0. The molecule has 2 aliphatic rings. The molecule has 0 bridgehead atoms. The first kappa shape index (κ1) is 7.60. The molecule has 2 aliphatic carbocycles. The van der Waals surface area contributed by atoms with Crippen LogP contribution in [0.2, 0.25) is 0 Å². The van der Waals surface area contributed by atoms with Crippen LogP contribution in [0.5, 0.6) is 0 Å². The quantitative estimate of drug-likeness (QED) is 0.590. The molecule has 0 aliphatic heterocycles. The summed E-state index contributed by atoms with van der Waals surface area (Å²) in [6.45, 7) is 0. The second-order valence-electron chi connectivity index (χ2n) is 3.56. The van der Waals surface area contributed by atoms with Crippen LogP contribution in [-0.4, -0.2) is 9.15 Å². The van der Waals surface area contributed by atoms with Crippen LogP contribution in [0.1, 0.15) is 32.1 Å². The van der Waals surface area contributed by atoms with E-state index in [2.05, 4.69) is 31.9 Å². The van der Waals surface area contributed by atoms with Crippen molar-refractivity contribution in [3.05, 3.63) is 0 Å². The summed E-state index contributed by atoms with van der Waals surface area (Å²) in [5, 5.41) is 0. The largest absolute Gasteiger partial charge is 0.0875 e. The van der Waals surface area contributed by atoms with Gasteiger partial charge in [0.1, 0.15) is 0 Å². The van der Waals surface area contributed by atoms with Crippen LogP contribution in [0.3, 0.4) is 0 Å². The maximum Gasteiger partial charge on any atom is 0.0410 e. The summed E-state index contributed by atoms with van der Waals surface area (Å²) in [4.78, 5) is 0.743. The Bertz CT molecular complexity index is 146. The fourth-order valence-corrected chi connectivity index (χ4v) is 4.28. The normalized spacial score (nSPS) is 53.4. The first-order valence-electron chi connectivity index (χ1n) is 4.06. The lowest BCUT2D eigenvalue weighted by Crippen LogP contribution is -2.28. The van der Waals surface area contributed by atoms with Gasteiger partial charge in [-0.1, -0.05) is 38.3 Å². The molecule has 58 valence electrons. The Morgan fingerprint density at radius 2 is 2.00 bits per heavy atom. The highest BCUT2D eigenvalue weighted by molar-refractivity contribution is 9.12. The van der Waals surface area contributed by atoms with Crippen molar-refractivity contribution >= 4 is 31.9 Å². The van der Waals surface area contributed by atoms with Crippen molar-refractivity contribution in [2.45, 2.75) is 41.3 Å². The fraction of sp³-hybridized carbons (Fsp3) is 1.00. The zero-order chi connectivity index (χ0) is 7.19. The van der Waals surface area contributed by atoms with E-state index in [9.17, 15) is 0 Å². The van der Waals surface area contributed by atoms with Gasteiger partial charge in [0, 0.05) is 9.15 Å². The van der Waals surface area contributed by atoms with Gasteiger partial charge < -0.3 is 0 Å². The van der Waals surface area contributed by atoms with Crippen molar-refractivity contribution in [3.8, 4) is 0 Å². The molecule has 0 amide bonds.